The van der Waals surface area contributed by atoms with Crippen molar-refractivity contribution in [3.8, 4) is 28.4 Å². The van der Waals surface area contributed by atoms with Gasteiger partial charge in [-0.3, -0.25) is 4.79 Å². The van der Waals surface area contributed by atoms with Crippen LogP contribution in [0.3, 0.4) is 0 Å². The molecule has 1 aliphatic rings. The van der Waals surface area contributed by atoms with Crippen LogP contribution in [0.1, 0.15) is 10.4 Å². The molecule has 3 aromatic rings. The van der Waals surface area contributed by atoms with Gasteiger partial charge >= 0.3 is 0 Å². The summed E-state index contributed by atoms with van der Waals surface area (Å²) < 4.78 is 18.0. The number of morpholine rings is 1. The number of methoxy groups -OCH3 is 2. The van der Waals surface area contributed by atoms with Gasteiger partial charge in [0.15, 0.2) is 0 Å². The molecular formula is C22H23N3O4. The van der Waals surface area contributed by atoms with Gasteiger partial charge in [0, 0.05) is 24.8 Å². The van der Waals surface area contributed by atoms with Crippen LogP contribution >= 0.6 is 0 Å². The SMILES string of the molecule is COc1ccc(OC)c(-c2nn(-c3ccccc3)cc2C(=O)N2CCOCC2)c1. The number of aromatic nitrogens is 2. The summed E-state index contributed by atoms with van der Waals surface area (Å²) in [6.07, 6.45) is 1.78. The molecule has 0 N–H and O–H groups in total. The number of amides is 1. The number of para-hydroxylation sites is 1. The monoisotopic (exact) mass is 393 g/mol. The van der Waals surface area contributed by atoms with Gasteiger partial charge in [-0.1, -0.05) is 18.2 Å². The van der Waals surface area contributed by atoms with Gasteiger partial charge in [0.05, 0.1) is 38.7 Å². The maximum Gasteiger partial charge on any atom is 0.257 e. The second-order valence-corrected chi connectivity index (χ2v) is 6.64. The van der Waals surface area contributed by atoms with Gasteiger partial charge in [-0.25, -0.2) is 4.68 Å². The van der Waals surface area contributed by atoms with E-state index in [4.69, 9.17) is 19.3 Å². The number of ether oxygens (including phenoxy) is 3. The normalized spacial score (nSPS) is 13.9. The highest BCUT2D eigenvalue weighted by atomic mass is 16.5. The number of rotatable bonds is 5. The van der Waals surface area contributed by atoms with E-state index in [1.807, 2.05) is 48.5 Å². The van der Waals surface area contributed by atoms with E-state index in [0.717, 1.165) is 5.69 Å². The highest BCUT2D eigenvalue weighted by Gasteiger charge is 2.26. The molecule has 1 aromatic heterocycles. The van der Waals surface area contributed by atoms with Gasteiger partial charge in [0.25, 0.3) is 5.91 Å². The van der Waals surface area contributed by atoms with Crippen molar-refractivity contribution in [3.05, 3.63) is 60.3 Å². The predicted octanol–water partition coefficient (Wildman–Crippen LogP) is 3.03. The molecule has 0 atom stereocenters. The Morgan fingerprint density at radius 1 is 1.03 bits per heavy atom. The molecule has 1 saturated heterocycles. The van der Waals surface area contributed by atoms with Crippen molar-refractivity contribution in [3.63, 3.8) is 0 Å². The number of benzene rings is 2. The summed E-state index contributed by atoms with van der Waals surface area (Å²) in [4.78, 5) is 15.1. The molecule has 7 heteroatoms. The molecule has 0 aliphatic carbocycles. The fraction of sp³-hybridized carbons (Fsp3) is 0.273. The molecule has 1 fully saturated rings. The van der Waals surface area contributed by atoms with Gasteiger partial charge < -0.3 is 19.1 Å². The zero-order chi connectivity index (χ0) is 20.2. The van der Waals surface area contributed by atoms with Gasteiger partial charge in [0.2, 0.25) is 0 Å². The zero-order valence-corrected chi connectivity index (χ0v) is 16.5. The standard InChI is InChI=1S/C22H23N3O4/c1-27-17-8-9-20(28-2)18(14-17)21-19(22(26)24-10-12-29-13-11-24)15-25(23-21)16-6-4-3-5-7-16/h3-9,14-15H,10-13H2,1-2H3. The van der Waals surface area contributed by atoms with Crippen LogP contribution in [0.15, 0.2) is 54.7 Å². The molecule has 7 nitrogen and oxygen atoms in total. The smallest absolute Gasteiger partial charge is 0.257 e. The summed E-state index contributed by atoms with van der Waals surface area (Å²) in [5.41, 5.74) is 2.65. The van der Waals surface area contributed by atoms with E-state index >= 15 is 0 Å². The average Bonchev–Trinajstić information content (AvgIpc) is 3.24. The Hall–Kier alpha value is -3.32. The lowest BCUT2D eigenvalue weighted by molar-refractivity contribution is 0.0303. The van der Waals surface area contributed by atoms with Crippen LogP contribution in [0, 0.1) is 0 Å². The summed E-state index contributed by atoms with van der Waals surface area (Å²) in [5, 5.41) is 4.75. The zero-order valence-electron chi connectivity index (χ0n) is 16.5. The second-order valence-electron chi connectivity index (χ2n) is 6.64. The summed E-state index contributed by atoms with van der Waals surface area (Å²) in [7, 11) is 3.21. The van der Waals surface area contributed by atoms with Crippen LogP contribution < -0.4 is 9.47 Å². The fourth-order valence-electron chi connectivity index (χ4n) is 3.38. The first-order chi connectivity index (χ1) is 14.2. The van der Waals surface area contributed by atoms with Gasteiger partial charge in [0.1, 0.15) is 17.2 Å². The lowest BCUT2D eigenvalue weighted by Crippen LogP contribution is -2.40. The minimum Gasteiger partial charge on any atom is -0.497 e. The molecular weight excluding hydrogens is 370 g/mol. The van der Waals surface area contributed by atoms with Crippen molar-refractivity contribution in [1.29, 1.82) is 0 Å². The van der Waals surface area contributed by atoms with E-state index in [1.54, 1.807) is 30.0 Å². The van der Waals surface area contributed by atoms with Crippen LogP contribution in [-0.2, 0) is 4.74 Å². The Bertz CT molecular complexity index is 995. The van der Waals surface area contributed by atoms with E-state index in [1.165, 1.54) is 0 Å². The van der Waals surface area contributed by atoms with E-state index in [9.17, 15) is 4.79 Å². The molecule has 4 rings (SSSR count). The van der Waals surface area contributed by atoms with Crippen molar-refractivity contribution in [2.24, 2.45) is 0 Å². The molecule has 0 saturated carbocycles. The van der Waals surface area contributed by atoms with Crippen LogP contribution in [-0.4, -0.2) is 61.1 Å². The minimum absolute atomic E-state index is 0.0737. The molecule has 150 valence electrons. The highest BCUT2D eigenvalue weighted by molar-refractivity contribution is 6.00. The van der Waals surface area contributed by atoms with Crippen molar-refractivity contribution >= 4 is 5.91 Å². The number of nitrogens with zero attached hydrogens (tertiary/aromatic N) is 3. The molecule has 0 spiro atoms. The lowest BCUT2D eigenvalue weighted by Gasteiger charge is -2.26. The van der Waals surface area contributed by atoms with Crippen molar-refractivity contribution in [1.82, 2.24) is 14.7 Å². The van der Waals surface area contributed by atoms with Crippen LogP contribution in [0.5, 0.6) is 11.5 Å². The first-order valence-corrected chi connectivity index (χ1v) is 9.46. The molecule has 1 aliphatic heterocycles. The van der Waals surface area contributed by atoms with Gasteiger partial charge in [-0.05, 0) is 30.3 Å². The van der Waals surface area contributed by atoms with Gasteiger partial charge in [-0.2, -0.15) is 5.10 Å². The average molecular weight is 393 g/mol. The summed E-state index contributed by atoms with van der Waals surface area (Å²) in [5.74, 6) is 1.22. The Balaban J connectivity index is 1.85. The third kappa shape index (κ3) is 3.82. The molecule has 2 heterocycles. The van der Waals surface area contributed by atoms with E-state index in [2.05, 4.69) is 0 Å². The quantitative estimate of drug-likeness (QED) is 0.667. The second kappa shape index (κ2) is 8.36. The summed E-state index contributed by atoms with van der Waals surface area (Å²) in [6.45, 7) is 2.20. The highest BCUT2D eigenvalue weighted by Crippen LogP contribution is 2.35. The number of carbonyl (C=O) groups excluding carboxylic acids is 1. The molecule has 0 unspecified atom stereocenters. The number of hydrogen-bond acceptors (Lipinski definition) is 5. The Morgan fingerprint density at radius 2 is 1.79 bits per heavy atom. The lowest BCUT2D eigenvalue weighted by atomic mass is 10.1. The fourth-order valence-corrected chi connectivity index (χ4v) is 3.38. The molecule has 2 aromatic carbocycles. The first-order valence-electron chi connectivity index (χ1n) is 9.46. The molecule has 0 radical (unpaired) electrons. The minimum atomic E-state index is -0.0737. The van der Waals surface area contributed by atoms with Crippen LogP contribution in [0.2, 0.25) is 0 Å². The summed E-state index contributed by atoms with van der Waals surface area (Å²) in [6, 6.07) is 15.2. The maximum atomic E-state index is 13.3. The number of hydrogen-bond donors (Lipinski definition) is 0. The van der Waals surface area contributed by atoms with E-state index in [0.29, 0.717) is 54.6 Å². The molecule has 1 amide bonds. The third-order valence-electron chi connectivity index (χ3n) is 4.93. The van der Waals surface area contributed by atoms with E-state index in [-0.39, 0.29) is 5.91 Å². The Labute approximate surface area is 169 Å². The first kappa shape index (κ1) is 19.0. The van der Waals surface area contributed by atoms with E-state index < -0.39 is 0 Å². The largest absolute Gasteiger partial charge is 0.497 e. The Morgan fingerprint density at radius 3 is 2.48 bits per heavy atom. The third-order valence-corrected chi connectivity index (χ3v) is 4.93. The molecule has 29 heavy (non-hydrogen) atoms. The number of carbonyl (C=O) groups is 1. The van der Waals surface area contributed by atoms with Gasteiger partial charge in [-0.15, -0.1) is 0 Å². The van der Waals surface area contributed by atoms with Crippen molar-refractivity contribution in [2.75, 3.05) is 40.5 Å². The van der Waals surface area contributed by atoms with Crippen molar-refractivity contribution < 1.29 is 19.0 Å². The topological polar surface area (TPSA) is 65.8 Å². The Kier molecular flexibility index (Phi) is 5.48. The maximum absolute atomic E-state index is 13.3. The van der Waals surface area contributed by atoms with Crippen LogP contribution in [0.4, 0.5) is 0 Å². The molecule has 0 bridgehead atoms. The van der Waals surface area contributed by atoms with Crippen LogP contribution in [0.25, 0.3) is 16.9 Å². The van der Waals surface area contributed by atoms with Crippen molar-refractivity contribution in [2.45, 2.75) is 0 Å². The summed E-state index contributed by atoms with van der Waals surface area (Å²) >= 11 is 0. The predicted molar refractivity (Wildman–Crippen MR) is 109 cm³/mol.